The highest BCUT2D eigenvalue weighted by Crippen LogP contribution is 2.49. The molecule has 2 nitrogen and oxygen atoms in total. The number of carbonyl (C=O) groups is 1. The normalized spacial score (nSPS) is 37.6. The van der Waals surface area contributed by atoms with Crippen LogP contribution in [0.2, 0.25) is 0 Å². The average Bonchev–Trinajstić information content (AvgIpc) is 2.79. The molecule has 174 valence electrons. The topological polar surface area (TPSA) is 26.3 Å². The molecule has 3 aliphatic carbocycles. The molecule has 0 bridgehead atoms. The van der Waals surface area contributed by atoms with Crippen LogP contribution in [0.4, 0.5) is 0 Å². The van der Waals surface area contributed by atoms with Crippen molar-refractivity contribution in [3.63, 3.8) is 0 Å². The minimum absolute atomic E-state index is 0.103. The lowest BCUT2D eigenvalue weighted by Gasteiger charge is -2.42. The fourth-order valence-electron chi connectivity index (χ4n) is 7.17. The van der Waals surface area contributed by atoms with Crippen LogP contribution in [0.1, 0.15) is 129 Å². The summed E-state index contributed by atoms with van der Waals surface area (Å²) in [7, 11) is 1.61. The van der Waals surface area contributed by atoms with Crippen LogP contribution < -0.4 is 0 Å². The number of unbranched alkanes of at least 4 members (excludes halogenated alkanes) is 2. The summed E-state index contributed by atoms with van der Waals surface area (Å²) in [6, 6.07) is 0. The van der Waals surface area contributed by atoms with Crippen molar-refractivity contribution >= 4 is 5.97 Å². The molecule has 0 amide bonds. The van der Waals surface area contributed by atoms with Gasteiger partial charge in [0.25, 0.3) is 0 Å². The molecule has 0 aliphatic heterocycles. The fourth-order valence-corrected chi connectivity index (χ4v) is 7.17. The highest BCUT2D eigenvalue weighted by Gasteiger charge is 2.44. The van der Waals surface area contributed by atoms with Gasteiger partial charge in [-0.15, -0.1) is 0 Å². The van der Waals surface area contributed by atoms with Gasteiger partial charge in [-0.25, -0.2) is 0 Å². The number of carbonyl (C=O) groups excluding carboxylic acids is 1. The van der Waals surface area contributed by atoms with Gasteiger partial charge in [-0.3, -0.25) is 4.79 Å². The summed E-state index contributed by atoms with van der Waals surface area (Å²) in [6.07, 6.45) is 24.0. The molecule has 0 aromatic rings. The third-order valence-corrected chi connectivity index (χ3v) is 9.55. The number of hydrogen-bond acceptors (Lipinski definition) is 2. The summed E-state index contributed by atoms with van der Waals surface area (Å²) < 4.78 is 5.36. The Labute approximate surface area is 187 Å². The Morgan fingerprint density at radius 2 is 1.37 bits per heavy atom. The fraction of sp³-hybridized carbons (Fsp3) is 0.964. The van der Waals surface area contributed by atoms with E-state index >= 15 is 0 Å². The van der Waals surface area contributed by atoms with Gasteiger partial charge >= 0.3 is 5.97 Å². The summed E-state index contributed by atoms with van der Waals surface area (Å²) in [5.74, 6) is 4.67. The molecule has 3 rings (SSSR count). The van der Waals surface area contributed by atoms with Crippen molar-refractivity contribution < 1.29 is 9.53 Å². The van der Waals surface area contributed by atoms with Gasteiger partial charge in [0.05, 0.1) is 12.5 Å². The zero-order valence-corrected chi connectivity index (χ0v) is 20.4. The third kappa shape index (κ3) is 6.49. The van der Waals surface area contributed by atoms with Gasteiger partial charge in [0, 0.05) is 0 Å². The van der Waals surface area contributed by atoms with Crippen molar-refractivity contribution in [2.45, 2.75) is 129 Å². The minimum Gasteiger partial charge on any atom is -0.469 e. The first kappa shape index (κ1) is 24.1. The van der Waals surface area contributed by atoms with Crippen LogP contribution in [0.15, 0.2) is 0 Å². The maximum Gasteiger partial charge on any atom is 0.311 e. The molecular formula is C28H50O2. The molecule has 2 heteroatoms. The zero-order chi connectivity index (χ0) is 21.4. The third-order valence-electron chi connectivity index (χ3n) is 9.55. The van der Waals surface area contributed by atoms with E-state index in [1.807, 2.05) is 0 Å². The molecule has 3 fully saturated rings. The molecule has 0 unspecified atom stereocenters. The molecule has 0 saturated heterocycles. The zero-order valence-electron chi connectivity index (χ0n) is 20.4. The molecule has 3 saturated carbocycles. The Morgan fingerprint density at radius 1 is 0.800 bits per heavy atom. The van der Waals surface area contributed by atoms with E-state index in [1.54, 1.807) is 7.11 Å². The molecule has 0 heterocycles. The van der Waals surface area contributed by atoms with E-state index in [-0.39, 0.29) is 11.4 Å². The van der Waals surface area contributed by atoms with E-state index in [1.165, 1.54) is 96.3 Å². The van der Waals surface area contributed by atoms with Crippen LogP contribution in [0.3, 0.4) is 0 Å². The molecule has 0 N–H and O–H groups in total. The lowest BCUT2D eigenvalue weighted by molar-refractivity contribution is -0.157. The Kier molecular flexibility index (Phi) is 9.58. The van der Waals surface area contributed by atoms with E-state index in [0.717, 1.165) is 48.9 Å². The highest BCUT2D eigenvalue weighted by atomic mass is 16.5. The van der Waals surface area contributed by atoms with E-state index in [0.29, 0.717) is 0 Å². The second kappa shape index (κ2) is 11.9. The van der Waals surface area contributed by atoms with Crippen LogP contribution in [0.25, 0.3) is 0 Å². The van der Waals surface area contributed by atoms with Gasteiger partial charge in [0.2, 0.25) is 0 Å². The lowest BCUT2D eigenvalue weighted by Crippen LogP contribution is -2.38. The van der Waals surface area contributed by atoms with Crippen molar-refractivity contribution in [1.29, 1.82) is 0 Å². The molecule has 0 spiro atoms. The Balaban J connectivity index is 1.45. The van der Waals surface area contributed by atoms with Gasteiger partial charge < -0.3 is 4.74 Å². The van der Waals surface area contributed by atoms with Crippen molar-refractivity contribution in [3.05, 3.63) is 0 Å². The summed E-state index contributed by atoms with van der Waals surface area (Å²) in [6.45, 7) is 4.72. The largest absolute Gasteiger partial charge is 0.469 e. The second-order valence-electron chi connectivity index (χ2n) is 11.6. The van der Waals surface area contributed by atoms with Gasteiger partial charge in [0.1, 0.15) is 0 Å². The van der Waals surface area contributed by atoms with Crippen LogP contribution in [0.5, 0.6) is 0 Å². The highest BCUT2D eigenvalue weighted by molar-refractivity contribution is 5.76. The lowest BCUT2D eigenvalue weighted by atomic mass is 9.62. The number of esters is 1. The number of hydrogen-bond donors (Lipinski definition) is 0. The summed E-state index contributed by atoms with van der Waals surface area (Å²) in [4.78, 5) is 12.9. The van der Waals surface area contributed by atoms with Crippen molar-refractivity contribution in [3.8, 4) is 0 Å². The van der Waals surface area contributed by atoms with Crippen molar-refractivity contribution in [1.82, 2.24) is 0 Å². The number of ether oxygens (including phenoxy) is 1. The number of rotatable bonds is 9. The number of methoxy groups -OCH3 is 1. The Bertz CT molecular complexity index is 489. The first-order chi connectivity index (χ1) is 14.6. The molecule has 0 atom stereocenters. The minimum atomic E-state index is -0.162. The summed E-state index contributed by atoms with van der Waals surface area (Å²) in [5, 5.41) is 0. The molecule has 0 aromatic heterocycles. The first-order valence-corrected chi connectivity index (χ1v) is 13.6. The second-order valence-corrected chi connectivity index (χ2v) is 11.6. The quantitative estimate of drug-likeness (QED) is 0.278. The Morgan fingerprint density at radius 3 is 1.93 bits per heavy atom. The van der Waals surface area contributed by atoms with Crippen LogP contribution in [-0.4, -0.2) is 13.1 Å². The average molecular weight is 419 g/mol. The Hall–Kier alpha value is -0.530. The molecule has 30 heavy (non-hydrogen) atoms. The van der Waals surface area contributed by atoms with Crippen LogP contribution in [0, 0.1) is 35.0 Å². The van der Waals surface area contributed by atoms with E-state index in [9.17, 15) is 4.79 Å². The first-order valence-electron chi connectivity index (χ1n) is 13.6. The summed E-state index contributed by atoms with van der Waals surface area (Å²) in [5.41, 5.74) is -0.162. The van der Waals surface area contributed by atoms with Gasteiger partial charge in [0.15, 0.2) is 0 Å². The van der Waals surface area contributed by atoms with Gasteiger partial charge in [-0.2, -0.15) is 0 Å². The van der Waals surface area contributed by atoms with Crippen LogP contribution >= 0.6 is 0 Å². The smallest absolute Gasteiger partial charge is 0.311 e. The predicted octanol–water partition coefficient (Wildman–Crippen LogP) is 8.33. The summed E-state index contributed by atoms with van der Waals surface area (Å²) >= 11 is 0. The SMILES string of the molecule is CCCCCC1CCC(CCC2(C(=O)OC)CCC(C3CCC(C)CC3)CC2)CC1. The standard InChI is InChI=1S/C28H50O2/c1-4-5-6-7-23-10-12-24(13-11-23)16-19-28(27(29)30-3)20-17-26(18-21-28)25-14-8-22(2)9-15-25/h22-26H,4-21H2,1-3H3. The van der Waals surface area contributed by atoms with Gasteiger partial charge in [-0.1, -0.05) is 78.1 Å². The van der Waals surface area contributed by atoms with E-state index < -0.39 is 0 Å². The molecule has 3 aliphatic rings. The van der Waals surface area contributed by atoms with Crippen LogP contribution in [-0.2, 0) is 9.53 Å². The molecular weight excluding hydrogens is 368 g/mol. The van der Waals surface area contributed by atoms with E-state index in [4.69, 9.17) is 4.74 Å². The molecule has 0 aromatic carbocycles. The maximum atomic E-state index is 12.9. The van der Waals surface area contributed by atoms with Crippen molar-refractivity contribution in [2.24, 2.45) is 35.0 Å². The predicted molar refractivity (Wildman–Crippen MR) is 126 cm³/mol. The van der Waals surface area contributed by atoms with Crippen molar-refractivity contribution in [2.75, 3.05) is 7.11 Å². The monoisotopic (exact) mass is 418 g/mol. The molecule has 0 radical (unpaired) electrons. The maximum absolute atomic E-state index is 12.9. The van der Waals surface area contributed by atoms with Gasteiger partial charge in [-0.05, 0) is 81.0 Å². The van der Waals surface area contributed by atoms with E-state index in [2.05, 4.69) is 13.8 Å².